The third-order valence-electron chi connectivity index (χ3n) is 3.83. The van der Waals surface area contributed by atoms with Crippen molar-refractivity contribution in [2.45, 2.75) is 13.8 Å². The second-order valence-electron chi connectivity index (χ2n) is 5.57. The number of anilines is 1. The van der Waals surface area contributed by atoms with Gasteiger partial charge in [0.1, 0.15) is 5.75 Å². The maximum absolute atomic E-state index is 12.5. The first-order valence-corrected chi connectivity index (χ1v) is 7.66. The molecule has 0 aliphatic rings. The lowest BCUT2D eigenvalue weighted by molar-refractivity contribution is 0.102. The molecule has 24 heavy (non-hydrogen) atoms. The number of nitrogens with one attached hydrogen (secondary N) is 1. The molecule has 0 unspecified atom stereocenters. The molecule has 1 heterocycles. The van der Waals surface area contributed by atoms with Crippen molar-refractivity contribution in [3.63, 3.8) is 0 Å². The number of aryl methyl sites for hydroxylation is 2. The van der Waals surface area contributed by atoms with E-state index in [4.69, 9.17) is 4.74 Å². The van der Waals surface area contributed by atoms with Crippen molar-refractivity contribution in [3.8, 4) is 11.4 Å². The first kappa shape index (κ1) is 15.8. The van der Waals surface area contributed by atoms with E-state index in [1.165, 1.54) is 0 Å². The molecule has 0 spiro atoms. The molecule has 0 radical (unpaired) electrons. The molecular formula is C19H19N3O2. The molecule has 122 valence electrons. The van der Waals surface area contributed by atoms with Gasteiger partial charge in [-0.1, -0.05) is 18.2 Å². The summed E-state index contributed by atoms with van der Waals surface area (Å²) in [5, 5.41) is 7.26. The molecule has 0 aliphatic carbocycles. The minimum Gasteiger partial charge on any atom is -0.496 e. The van der Waals surface area contributed by atoms with Gasteiger partial charge >= 0.3 is 0 Å². The number of aromatic nitrogens is 2. The van der Waals surface area contributed by atoms with Crippen LogP contribution < -0.4 is 10.1 Å². The summed E-state index contributed by atoms with van der Waals surface area (Å²) in [7, 11) is 1.64. The number of carbonyl (C=O) groups is 1. The van der Waals surface area contributed by atoms with Crippen LogP contribution in [0.1, 0.15) is 21.6 Å². The highest BCUT2D eigenvalue weighted by Crippen LogP contribution is 2.26. The highest BCUT2D eigenvalue weighted by Gasteiger charge is 2.13. The van der Waals surface area contributed by atoms with Crippen LogP contribution in [-0.2, 0) is 0 Å². The normalized spacial score (nSPS) is 10.5. The molecule has 1 aromatic heterocycles. The van der Waals surface area contributed by atoms with E-state index in [9.17, 15) is 4.79 Å². The summed E-state index contributed by atoms with van der Waals surface area (Å²) in [6.45, 7) is 3.87. The monoisotopic (exact) mass is 321 g/mol. The van der Waals surface area contributed by atoms with Gasteiger partial charge in [0.15, 0.2) is 5.69 Å². The van der Waals surface area contributed by atoms with Crippen molar-refractivity contribution in [2.75, 3.05) is 12.4 Å². The predicted molar refractivity (Wildman–Crippen MR) is 94.0 cm³/mol. The predicted octanol–water partition coefficient (Wildman–Crippen LogP) is 3.75. The van der Waals surface area contributed by atoms with Crippen LogP contribution in [0.5, 0.6) is 5.75 Å². The number of benzene rings is 2. The van der Waals surface area contributed by atoms with E-state index >= 15 is 0 Å². The zero-order chi connectivity index (χ0) is 17.1. The average molecular weight is 321 g/mol. The molecule has 1 N–H and O–H groups in total. The Morgan fingerprint density at radius 3 is 2.54 bits per heavy atom. The lowest BCUT2D eigenvalue weighted by Crippen LogP contribution is -2.14. The Morgan fingerprint density at radius 1 is 1.08 bits per heavy atom. The summed E-state index contributed by atoms with van der Waals surface area (Å²) in [6, 6.07) is 15.2. The molecule has 3 rings (SSSR count). The third kappa shape index (κ3) is 3.15. The van der Waals surface area contributed by atoms with E-state index in [1.807, 2.05) is 56.3 Å². The van der Waals surface area contributed by atoms with Gasteiger partial charge in [-0.2, -0.15) is 5.10 Å². The van der Waals surface area contributed by atoms with Crippen molar-refractivity contribution in [3.05, 3.63) is 71.5 Å². The summed E-state index contributed by atoms with van der Waals surface area (Å²) in [5.74, 6) is 0.566. The number of carbonyl (C=O) groups excluding carboxylic acids is 1. The van der Waals surface area contributed by atoms with E-state index in [0.29, 0.717) is 5.69 Å². The van der Waals surface area contributed by atoms with Crippen molar-refractivity contribution in [1.29, 1.82) is 0 Å². The van der Waals surface area contributed by atoms with Gasteiger partial charge in [0.25, 0.3) is 5.91 Å². The zero-order valence-corrected chi connectivity index (χ0v) is 13.9. The number of rotatable bonds is 4. The second kappa shape index (κ2) is 6.58. The van der Waals surface area contributed by atoms with E-state index in [-0.39, 0.29) is 5.91 Å². The summed E-state index contributed by atoms with van der Waals surface area (Å²) < 4.78 is 6.98. The Morgan fingerprint density at radius 2 is 1.83 bits per heavy atom. The number of nitrogens with zero attached hydrogens (tertiary/aromatic N) is 2. The summed E-state index contributed by atoms with van der Waals surface area (Å²) >= 11 is 0. The van der Waals surface area contributed by atoms with Gasteiger partial charge in [0.2, 0.25) is 0 Å². The van der Waals surface area contributed by atoms with Crippen LogP contribution in [0.15, 0.2) is 54.7 Å². The van der Waals surface area contributed by atoms with Gasteiger partial charge in [0, 0.05) is 11.9 Å². The van der Waals surface area contributed by atoms with E-state index in [1.54, 1.807) is 24.1 Å². The van der Waals surface area contributed by atoms with E-state index < -0.39 is 0 Å². The smallest absolute Gasteiger partial charge is 0.276 e. The lowest BCUT2D eigenvalue weighted by Gasteiger charge is -2.11. The Kier molecular flexibility index (Phi) is 4.33. The molecule has 5 heteroatoms. The van der Waals surface area contributed by atoms with Gasteiger partial charge in [-0.25, -0.2) is 4.68 Å². The van der Waals surface area contributed by atoms with Gasteiger partial charge in [0.05, 0.1) is 12.8 Å². The fourth-order valence-electron chi connectivity index (χ4n) is 2.50. The molecule has 0 saturated carbocycles. The minimum absolute atomic E-state index is 0.239. The Hall–Kier alpha value is -3.08. The van der Waals surface area contributed by atoms with Gasteiger partial charge in [-0.15, -0.1) is 0 Å². The second-order valence-corrected chi connectivity index (χ2v) is 5.57. The van der Waals surface area contributed by atoms with Gasteiger partial charge in [-0.3, -0.25) is 4.79 Å². The molecule has 1 amide bonds. The van der Waals surface area contributed by atoms with Crippen molar-refractivity contribution in [2.24, 2.45) is 0 Å². The molecule has 0 atom stereocenters. The number of hydrogen-bond donors (Lipinski definition) is 1. The number of para-hydroxylation sites is 1. The molecule has 0 aliphatic heterocycles. The highest BCUT2D eigenvalue weighted by molar-refractivity contribution is 6.03. The first-order chi connectivity index (χ1) is 11.6. The number of amides is 1. The number of ether oxygens (including phenoxy) is 1. The Bertz CT molecular complexity index is 870. The quantitative estimate of drug-likeness (QED) is 0.796. The highest BCUT2D eigenvalue weighted by atomic mass is 16.5. The molecular weight excluding hydrogens is 302 g/mol. The first-order valence-electron chi connectivity index (χ1n) is 7.66. The largest absolute Gasteiger partial charge is 0.496 e. The average Bonchev–Trinajstić information content (AvgIpc) is 3.09. The van der Waals surface area contributed by atoms with Crippen LogP contribution in [0.3, 0.4) is 0 Å². The van der Waals surface area contributed by atoms with E-state index in [2.05, 4.69) is 10.4 Å². The Balaban J connectivity index is 1.81. The lowest BCUT2D eigenvalue weighted by atomic mass is 10.1. The Labute approximate surface area is 140 Å². The molecule has 3 aromatic rings. The molecule has 0 saturated heterocycles. The summed E-state index contributed by atoms with van der Waals surface area (Å²) in [5.41, 5.74) is 3.94. The number of hydrogen-bond acceptors (Lipinski definition) is 3. The fourth-order valence-corrected chi connectivity index (χ4v) is 2.50. The maximum Gasteiger partial charge on any atom is 0.276 e. The van der Waals surface area contributed by atoms with Crippen molar-refractivity contribution < 1.29 is 9.53 Å². The maximum atomic E-state index is 12.5. The van der Waals surface area contributed by atoms with Crippen LogP contribution >= 0.6 is 0 Å². The van der Waals surface area contributed by atoms with E-state index in [0.717, 1.165) is 28.3 Å². The van der Waals surface area contributed by atoms with Crippen LogP contribution in [0.2, 0.25) is 0 Å². The van der Waals surface area contributed by atoms with Crippen molar-refractivity contribution in [1.82, 2.24) is 9.78 Å². The van der Waals surface area contributed by atoms with Gasteiger partial charge in [-0.05, 0) is 55.3 Å². The van der Waals surface area contributed by atoms with Crippen LogP contribution in [-0.4, -0.2) is 22.8 Å². The minimum atomic E-state index is -0.239. The SMILES string of the molecule is COc1cc(C)c(NC(=O)c2ccn(-c3ccccc3)n2)cc1C. The molecule has 0 fully saturated rings. The topological polar surface area (TPSA) is 56.1 Å². The van der Waals surface area contributed by atoms with Crippen LogP contribution in [0.25, 0.3) is 5.69 Å². The fraction of sp³-hybridized carbons (Fsp3) is 0.158. The number of methoxy groups -OCH3 is 1. The third-order valence-corrected chi connectivity index (χ3v) is 3.83. The molecule has 2 aromatic carbocycles. The zero-order valence-electron chi connectivity index (χ0n) is 13.9. The summed E-state index contributed by atoms with van der Waals surface area (Å²) in [4.78, 5) is 12.5. The van der Waals surface area contributed by atoms with Crippen molar-refractivity contribution >= 4 is 11.6 Å². The summed E-state index contributed by atoms with van der Waals surface area (Å²) in [6.07, 6.45) is 1.77. The molecule has 5 nitrogen and oxygen atoms in total. The van der Waals surface area contributed by atoms with Crippen LogP contribution in [0.4, 0.5) is 5.69 Å². The van der Waals surface area contributed by atoms with Crippen LogP contribution in [0, 0.1) is 13.8 Å². The standard InChI is InChI=1S/C19H19N3O2/c1-13-12-18(24-3)14(2)11-17(13)20-19(23)16-9-10-22(21-16)15-7-5-4-6-8-15/h4-12H,1-3H3,(H,20,23). The molecule has 0 bridgehead atoms. The van der Waals surface area contributed by atoms with Gasteiger partial charge < -0.3 is 10.1 Å².